The molecule has 0 radical (unpaired) electrons. The number of alkyl halides is 3. The molecular formula is C18H9F5N4O2S2. The zero-order valence-electron chi connectivity index (χ0n) is 15.0. The van der Waals surface area contributed by atoms with Crippen molar-refractivity contribution < 1.29 is 22.0 Å². The highest BCUT2D eigenvalue weighted by Crippen LogP contribution is 2.32. The van der Waals surface area contributed by atoms with Crippen LogP contribution in [0.2, 0.25) is 0 Å². The average Bonchev–Trinajstić information content (AvgIpc) is 3.17. The number of hydrogen-bond donors (Lipinski definition) is 1. The normalized spacial score (nSPS) is 11.9. The Labute approximate surface area is 177 Å². The molecule has 0 unspecified atom stereocenters. The van der Waals surface area contributed by atoms with Gasteiger partial charge in [-0.3, -0.25) is 14.2 Å². The summed E-state index contributed by atoms with van der Waals surface area (Å²) in [6.45, 7) is 0. The third-order valence-electron chi connectivity index (χ3n) is 4.18. The molecule has 1 N–H and O–H groups in total. The van der Waals surface area contributed by atoms with Crippen LogP contribution in [0.25, 0.3) is 16.0 Å². The van der Waals surface area contributed by atoms with Gasteiger partial charge in [-0.15, -0.1) is 11.3 Å². The number of pyridine rings is 1. The number of thiazole rings is 1. The number of thioether (sulfide) groups is 1. The minimum atomic E-state index is -4.68. The van der Waals surface area contributed by atoms with E-state index >= 15 is 0 Å². The van der Waals surface area contributed by atoms with Gasteiger partial charge >= 0.3 is 6.18 Å². The third kappa shape index (κ3) is 4.10. The second-order valence-electron chi connectivity index (χ2n) is 6.17. The van der Waals surface area contributed by atoms with Crippen molar-refractivity contribution in [2.75, 3.05) is 0 Å². The number of halogens is 5. The maximum Gasteiger partial charge on any atom is 0.416 e. The Balaban J connectivity index is 1.76. The van der Waals surface area contributed by atoms with Crippen LogP contribution in [-0.2, 0) is 11.9 Å². The van der Waals surface area contributed by atoms with Crippen LogP contribution in [0, 0.1) is 11.6 Å². The van der Waals surface area contributed by atoms with E-state index in [1.165, 1.54) is 5.51 Å². The predicted molar refractivity (Wildman–Crippen MR) is 105 cm³/mol. The molecule has 6 nitrogen and oxygen atoms in total. The first-order valence-electron chi connectivity index (χ1n) is 8.38. The summed E-state index contributed by atoms with van der Waals surface area (Å²) < 4.78 is 67.4. The van der Waals surface area contributed by atoms with Gasteiger partial charge in [0.1, 0.15) is 10.5 Å². The van der Waals surface area contributed by atoms with Crippen molar-refractivity contribution in [2.45, 2.75) is 17.1 Å². The van der Waals surface area contributed by atoms with Gasteiger partial charge in [-0.25, -0.2) is 18.7 Å². The third-order valence-corrected chi connectivity index (χ3v) is 5.97. The molecule has 1 aromatic carbocycles. The van der Waals surface area contributed by atoms with Crippen molar-refractivity contribution in [2.24, 2.45) is 0 Å². The van der Waals surface area contributed by atoms with Crippen LogP contribution in [0.1, 0.15) is 11.1 Å². The lowest BCUT2D eigenvalue weighted by atomic mass is 10.1. The van der Waals surface area contributed by atoms with Crippen molar-refractivity contribution in [3.63, 3.8) is 0 Å². The first-order chi connectivity index (χ1) is 14.6. The van der Waals surface area contributed by atoms with Gasteiger partial charge < -0.3 is 4.98 Å². The van der Waals surface area contributed by atoms with Crippen LogP contribution in [-0.4, -0.2) is 19.5 Å². The van der Waals surface area contributed by atoms with Crippen LogP contribution in [0.3, 0.4) is 0 Å². The van der Waals surface area contributed by atoms with Gasteiger partial charge in [-0.05, 0) is 17.7 Å². The van der Waals surface area contributed by atoms with E-state index in [0.29, 0.717) is 6.07 Å². The molecule has 13 heteroatoms. The number of aromatic nitrogens is 4. The number of rotatable bonds is 4. The Kier molecular flexibility index (Phi) is 5.39. The highest BCUT2D eigenvalue weighted by molar-refractivity contribution is 7.98. The van der Waals surface area contributed by atoms with Crippen LogP contribution in [0.5, 0.6) is 0 Å². The number of H-pyrrole nitrogens is 1. The quantitative estimate of drug-likeness (QED) is 0.275. The number of fused-ring (bicyclic) bond motifs is 1. The fourth-order valence-corrected chi connectivity index (χ4v) is 4.32. The van der Waals surface area contributed by atoms with E-state index < -0.39 is 34.5 Å². The minimum Gasteiger partial charge on any atom is -0.324 e. The molecule has 0 amide bonds. The van der Waals surface area contributed by atoms with E-state index in [4.69, 9.17) is 0 Å². The monoisotopic (exact) mass is 472 g/mol. The summed E-state index contributed by atoms with van der Waals surface area (Å²) in [6.07, 6.45) is -3.57. The number of nitrogens with zero attached hydrogens (tertiary/aromatic N) is 3. The second-order valence-corrected chi connectivity index (χ2v) is 7.96. The molecule has 0 spiro atoms. The molecule has 0 aliphatic heterocycles. The van der Waals surface area contributed by atoms with E-state index in [1.807, 2.05) is 0 Å². The molecule has 4 rings (SSSR count). The van der Waals surface area contributed by atoms with Crippen molar-refractivity contribution in [1.29, 1.82) is 0 Å². The molecule has 31 heavy (non-hydrogen) atoms. The zero-order valence-corrected chi connectivity index (χ0v) is 16.7. The molecule has 160 valence electrons. The zero-order chi connectivity index (χ0) is 22.3. The fraction of sp³-hybridized carbons (Fsp3) is 0.111. The van der Waals surface area contributed by atoms with Crippen molar-refractivity contribution in [3.8, 4) is 5.69 Å². The molecule has 0 aliphatic carbocycles. The molecule has 0 saturated heterocycles. The Bertz CT molecular complexity index is 1410. The predicted octanol–water partition coefficient (Wildman–Crippen LogP) is 4.12. The van der Waals surface area contributed by atoms with Gasteiger partial charge in [-0.2, -0.15) is 13.2 Å². The first kappa shape index (κ1) is 21.2. The standard InChI is InChI=1S/C18H9F5N4O2S2/c19-11-3-9(18(21,22)23)2-1-8(11)6-30-17-26-14-13(31-7-25-14)16(29)27(17)10-4-12(20)15(28)24-5-10/h1-5,7H,6H2,(H,24,28). The van der Waals surface area contributed by atoms with Gasteiger partial charge in [0, 0.05) is 18.0 Å². The first-order valence-corrected chi connectivity index (χ1v) is 10.2. The largest absolute Gasteiger partial charge is 0.416 e. The maximum atomic E-state index is 14.2. The van der Waals surface area contributed by atoms with Gasteiger partial charge in [0.15, 0.2) is 16.6 Å². The van der Waals surface area contributed by atoms with Crippen molar-refractivity contribution in [1.82, 2.24) is 19.5 Å². The summed E-state index contributed by atoms with van der Waals surface area (Å²) in [5, 5.41) is -0.00542. The van der Waals surface area contributed by atoms with Crippen LogP contribution in [0.4, 0.5) is 22.0 Å². The van der Waals surface area contributed by atoms with Gasteiger partial charge in [0.25, 0.3) is 11.1 Å². The summed E-state index contributed by atoms with van der Waals surface area (Å²) in [7, 11) is 0. The summed E-state index contributed by atoms with van der Waals surface area (Å²) >= 11 is 1.86. The van der Waals surface area contributed by atoms with E-state index in [9.17, 15) is 31.5 Å². The summed E-state index contributed by atoms with van der Waals surface area (Å²) in [5.41, 5.74) is -1.27. The van der Waals surface area contributed by atoms with Crippen LogP contribution in [0.15, 0.2) is 50.7 Å². The van der Waals surface area contributed by atoms with Crippen LogP contribution < -0.4 is 11.1 Å². The Hall–Kier alpha value is -3.06. The number of nitrogens with one attached hydrogen (secondary N) is 1. The Morgan fingerprint density at radius 1 is 1.13 bits per heavy atom. The summed E-state index contributed by atoms with van der Waals surface area (Å²) in [5.74, 6) is -2.36. The van der Waals surface area contributed by atoms with Gasteiger partial charge in [-0.1, -0.05) is 17.8 Å². The molecule has 3 aromatic heterocycles. The highest BCUT2D eigenvalue weighted by atomic mass is 32.2. The molecule has 4 aromatic rings. The molecule has 0 atom stereocenters. The lowest BCUT2D eigenvalue weighted by molar-refractivity contribution is -0.137. The summed E-state index contributed by atoms with van der Waals surface area (Å²) in [4.78, 5) is 34.6. The number of aromatic amines is 1. The SMILES string of the molecule is O=c1[nH]cc(-n2c(SCc3ccc(C(F)(F)F)cc3F)nc3ncsc3c2=O)cc1F. The average molecular weight is 472 g/mol. The Morgan fingerprint density at radius 2 is 1.90 bits per heavy atom. The van der Waals surface area contributed by atoms with E-state index in [0.717, 1.165) is 52.1 Å². The fourth-order valence-electron chi connectivity index (χ4n) is 2.68. The maximum absolute atomic E-state index is 14.2. The highest BCUT2D eigenvalue weighted by Gasteiger charge is 2.31. The lowest BCUT2D eigenvalue weighted by Gasteiger charge is -2.12. The molecule has 0 aliphatic rings. The molecular weight excluding hydrogens is 463 g/mol. The Morgan fingerprint density at radius 3 is 2.58 bits per heavy atom. The van der Waals surface area contributed by atoms with Gasteiger partial charge in [0.05, 0.1) is 16.8 Å². The van der Waals surface area contributed by atoms with E-state index in [1.54, 1.807) is 0 Å². The number of benzene rings is 1. The number of hydrogen-bond acceptors (Lipinski definition) is 6. The summed E-state index contributed by atoms with van der Waals surface area (Å²) in [6, 6.07) is 2.98. The van der Waals surface area contributed by atoms with E-state index in [2.05, 4.69) is 15.0 Å². The smallest absolute Gasteiger partial charge is 0.324 e. The van der Waals surface area contributed by atoms with Crippen LogP contribution >= 0.6 is 23.1 Å². The van der Waals surface area contributed by atoms with Crippen molar-refractivity contribution >= 4 is 33.4 Å². The molecule has 0 fully saturated rings. The van der Waals surface area contributed by atoms with E-state index in [-0.39, 0.29) is 32.5 Å². The molecule has 0 bridgehead atoms. The lowest BCUT2D eigenvalue weighted by Crippen LogP contribution is -2.23. The van der Waals surface area contributed by atoms with Crippen molar-refractivity contribution in [3.05, 3.63) is 79.4 Å². The minimum absolute atomic E-state index is 0.00542. The van der Waals surface area contributed by atoms with Gasteiger partial charge in [0.2, 0.25) is 0 Å². The molecule has 3 heterocycles. The molecule has 0 saturated carbocycles. The second kappa shape index (κ2) is 7.89. The topological polar surface area (TPSA) is 80.6 Å².